The average molecular weight is 655 g/mol. The Morgan fingerprint density at radius 2 is 1.54 bits per heavy atom. The highest BCUT2D eigenvalue weighted by Crippen LogP contribution is 2.32. The largest absolute Gasteiger partial charge is 0.392 e. The fourth-order valence-corrected chi connectivity index (χ4v) is 6.90. The predicted molar refractivity (Wildman–Crippen MR) is 186 cm³/mol. The number of benzene rings is 3. The minimum Gasteiger partial charge on any atom is -0.392 e. The number of carbonyl (C=O) groups excluding carboxylic acids is 3. The predicted octanol–water partition coefficient (Wildman–Crippen LogP) is 3.43. The molecule has 1 aliphatic carbocycles. The summed E-state index contributed by atoms with van der Waals surface area (Å²) in [5, 5.41) is 28.5. The second-order valence-corrected chi connectivity index (χ2v) is 14.3. The summed E-state index contributed by atoms with van der Waals surface area (Å²) >= 11 is 0. The van der Waals surface area contributed by atoms with Crippen molar-refractivity contribution < 1.29 is 24.6 Å². The topological polar surface area (TPSA) is 122 Å². The van der Waals surface area contributed by atoms with E-state index >= 15 is 0 Å². The van der Waals surface area contributed by atoms with Crippen LogP contribution in [0.5, 0.6) is 0 Å². The van der Waals surface area contributed by atoms with Crippen molar-refractivity contribution in [1.82, 2.24) is 20.4 Å². The van der Waals surface area contributed by atoms with Crippen LogP contribution in [0.3, 0.4) is 0 Å². The number of β-amino-alcohol motifs (C(OH)–C–C–N with tert-alkyl or cyclic N) is 1. The molecule has 9 nitrogen and oxygen atoms in total. The normalized spacial score (nSPS) is 20.9. The first-order valence-electron chi connectivity index (χ1n) is 17.1. The first kappa shape index (κ1) is 35.3. The summed E-state index contributed by atoms with van der Waals surface area (Å²) in [5.41, 5.74) is 3.54. The lowest BCUT2D eigenvalue weighted by atomic mass is 9.91. The zero-order valence-electron chi connectivity index (χ0n) is 28.3. The molecule has 3 amide bonds. The molecule has 4 N–H and O–H groups in total. The summed E-state index contributed by atoms with van der Waals surface area (Å²) in [6.45, 7) is 7.05. The maximum Gasteiger partial charge on any atom is 0.239 e. The second-order valence-electron chi connectivity index (χ2n) is 14.3. The zero-order chi connectivity index (χ0) is 34.3. The number of carbonyl (C=O) groups is 3. The highest BCUT2D eigenvalue weighted by molar-refractivity contribution is 5.84. The molecule has 1 heterocycles. The molecule has 1 fully saturated rings. The van der Waals surface area contributed by atoms with Crippen molar-refractivity contribution in [2.45, 2.75) is 82.7 Å². The zero-order valence-corrected chi connectivity index (χ0v) is 28.3. The van der Waals surface area contributed by atoms with E-state index in [4.69, 9.17) is 0 Å². The smallest absolute Gasteiger partial charge is 0.239 e. The molecule has 0 bridgehead atoms. The van der Waals surface area contributed by atoms with Gasteiger partial charge in [0.15, 0.2) is 0 Å². The summed E-state index contributed by atoms with van der Waals surface area (Å²) in [6.07, 6.45) is 0.438. The first-order chi connectivity index (χ1) is 23.0. The minimum absolute atomic E-state index is 0.00267. The quantitative estimate of drug-likeness (QED) is 0.238. The van der Waals surface area contributed by atoms with Crippen molar-refractivity contribution in [2.75, 3.05) is 26.2 Å². The lowest BCUT2D eigenvalue weighted by Gasteiger charge is -2.42. The minimum atomic E-state index is -0.907. The third-order valence-electron chi connectivity index (χ3n) is 9.31. The van der Waals surface area contributed by atoms with Crippen LogP contribution in [0, 0.1) is 5.92 Å². The van der Waals surface area contributed by atoms with E-state index < -0.39 is 35.7 Å². The number of aliphatic hydroxyl groups is 2. The first-order valence-corrected chi connectivity index (χ1v) is 17.1. The number of aliphatic hydroxyl groups excluding tert-OH is 2. The van der Waals surface area contributed by atoms with E-state index in [1.165, 1.54) is 0 Å². The van der Waals surface area contributed by atoms with Crippen molar-refractivity contribution in [3.05, 3.63) is 107 Å². The molecule has 0 spiro atoms. The number of nitrogens with one attached hydrogen (secondary N) is 2. The van der Waals surface area contributed by atoms with Gasteiger partial charge in [0.25, 0.3) is 0 Å². The van der Waals surface area contributed by atoms with Gasteiger partial charge in [-0.05, 0) is 62.3 Å². The van der Waals surface area contributed by atoms with E-state index in [0.29, 0.717) is 38.8 Å². The van der Waals surface area contributed by atoms with Crippen LogP contribution in [0.4, 0.5) is 0 Å². The third kappa shape index (κ3) is 9.52. The molecule has 5 atom stereocenters. The van der Waals surface area contributed by atoms with E-state index in [9.17, 15) is 24.6 Å². The van der Waals surface area contributed by atoms with Gasteiger partial charge in [0.05, 0.1) is 18.2 Å². The van der Waals surface area contributed by atoms with Crippen molar-refractivity contribution in [3.63, 3.8) is 0 Å². The summed E-state index contributed by atoms with van der Waals surface area (Å²) < 4.78 is 0. The Kier molecular flexibility index (Phi) is 11.7. The Bertz CT molecular complexity index is 1530. The van der Waals surface area contributed by atoms with Gasteiger partial charge in [-0.25, -0.2) is 0 Å². The molecule has 9 heteroatoms. The second kappa shape index (κ2) is 15.9. The van der Waals surface area contributed by atoms with Crippen LogP contribution in [0.1, 0.15) is 61.9 Å². The van der Waals surface area contributed by atoms with Gasteiger partial charge in [-0.3, -0.25) is 19.3 Å². The molecule has 0 radical (unpaired) electrons. The maximum atomic E-state index is 13.8. The van der Waals surface area contributed by atoms with Gasteiger partial charge in [0.1, 0.15) is 6.04 Å². The molecule has 48 heavy (non-hydrogen) atoms. The van der Waals surface area contributed by atoms with Crippen molar-refractivity contribution >= 4 is 17.7 Å². The van der Waals surface area contributed by atoms with Crippen molar-refractivity contribution in [2.24, 2.45) is 5.92 Å². The molecule has 2 aliphatic rings. The van der Waals surface area contributed by atoms with E-state index in [2.05, 4.69) is 10.6 Å². The summed E-state index contributed by atoms with van der Waals surface area (Å²) in [4.78, 5) is 44.4. The Morgan fingerprint density at radius 3 is 2.23 bits per heavy atom. The van der Waals surface area contributed by atoms with Gasteiger partial charge >= 0.3 is 0 Å². The van der Waals surface area contributed by atoms with Crippen LogP contribution < -0.4 is 10.6 Å². The molecule has 3 aromatic rings. The van der Waals surface area contributed by atoms with Gasteiger partial charge in [-0.2, -0.15) is 0 Å². The Morgan fingerprint density at radius 1 is 0.896 bits per heavy atom. The standard InChI is InChI=1S/C39H50N4O5/c1-39(2,3)41-38(48)33-26-43(35(46)19-18-27-12-6-4-7-13-27)21-20-42(33)25-31(44)23-30(22-28-14-8-5-9-15-28)37(47)40-36-32-17-11-10-16-29(32)24-34(36)45/h4-17,30-31,33-34,36,44-45H,18-26H2,1-3H3,(H,40,47)(H,41,48)/t30-,31-,33-,34+,36-/m0/s1. The average Bonchev–Trinajstić information content (AvgIpc) is 3.37. The van der Waals surface area contributed by atoms with Crippen LogP contribution in [0.15, 0.2) is 84.9 Å². The number of hydrogen-bond donors (Lipinski definition) is 4. The number of rotatable bonds is 12. The highest BCUT2D eigenvalue weighted by atomic mass is 16.3. The number of aryl methyl sites for hydroxylation is 1. The van der Waals surface area contributed by atoms with E-state index in [-0.39, 0.29) is 37.2 Å². The summed E-state index contributed by atoms with van der Waals surface area (Å²) in [6, 6.07) is 26.2. The Hall–Kier alpha value is -4.05. The number of hydrogen-bond acceptors (Lipinski definition) is 6. The van der Waals surface area contributed by atoms with Crippen molar-refractivity contribution in [1.29, 1.82) is 0 Å². The SMILES string of the molecule is CC(C)(C)NC(=O)[C@@H]1CN(C(=O)CCc2ccccc2)CCN1C[C@@H](O)C[C@H](Cc1ccccc1)C(=O)N[C@H]1c2ccccc2C[C@H]1O. The van der Waals surface area contributed by atoms with Crippen LogP contribution in [-0.2, 0) is 33.6 Å². The lowest BCUT2D eigenvalue weighted by molar-refractivity contribution is -0.139. The molecule has 3 aromatic carbocycles. The fraction of sp³-hybridized carbons (Fsp3) is 0.462. The fourth-order valence-electron chi connectivity index (χ4n) is 6.90. The van der Waals surface area contributed by atoms with Gasteiger partial charge in [0.2, 0.25) is 17.7 Å². The molecule has 0 aromatic heterocycles. The van der Waals surface area contributed by atoms with E-state index in [0.717, 1.165) is 22.3 Å². The molecule has 256 valence electrons. The van der Waals surface area contributed by atoms with Gasteiger partial charge < -0.3 is 25.7 Å². The molecule has 0 unspecified atom stereocenters. The molecule has 1 aliphatic heterocycles. The summed E-state index contributed by atoms with van der Waals surface area (Å²) in [7, 11) is 0. The third-order valence-corrected chi connectivity index (χ3v) is 9.31. The number of nitrogens with zero attached hydrogens (tertiary/aromatic N) is 2. The Labute approximate surface area is 284 Å². The number of fused-ring (bicyclic) bond motifs is 1. The number of amides is 3. The van der Waals surface area contributed by atoms with Gasteiger partial charge in [-0.1, -0.05) is 84.9 Å². The van der Waals surface area contributed by atoms with E-state index in [1.54, 1.807) is 4.90 Å². The molecule has 0 saturated carbocycles. The van der Waals surface area contributed by atoms with Crippen molar-refractivity contribution in [3.8, 4) is 0 Å². The molecular weight excluding hydrogens is 604 g/mol. The molecule has 5 rings (SSSR count). The van der Waals surface area contributed by atoms with Crippen LogP contribution >= 0.6 is 0 Å². The maximum absolute atomic E-state index is 13.8. The summed E-state index contributed by atoms with van der Waals surface area (Å²) in [5.74, 6) is -0.981. The molecule has 1 saturated heterocycles. The Balaban J connectivity index is 1.27. The number of piperazine rings is 1. The highest BCUT2D eigenvalue weighted by Gasteiger charge is 2.38. The van der Waals surface area contributed by atoms with Crippen LogP contribution in [0.25, 0.3) is 0 Å². The van der Waals surface area contributed by atoms with E-state index in [1.807, 2.05) is 111 Å². The monoisotopic (exact) mass is 654 g/mol. The van der Waals surface area contributed by atoms with Gasteiger partial charge in [0, 0.05) is 50.5 Å². The lowest BCUT2D eigenvalue weighted by Crippen LogP contribution is -2.62. The van der Waals surface area contributed by atoms with Crippen LogP contribution in [0.2, 0.25) is 0 Å². The van der Waals surface area contributed by atoms with Gasteiger partial charge in [-0.15, -0.1) is 0 Å². The molecular formula is C39H50N4O5. The van der Waals surface area contributed by atoms with Crippen LogP contribution in [-0.4, -0.2) is 87.7 Å².